The SMILES string of the molecule is O=C(O)C1(N2CCCCS2(=O)=O)CC1. The van der Waals surface area contributed by atoms with E-state index in [1.165, 1.54) is 4.31 Å². The van der Waals surface area contributed by atoms with E-state index in [1.54, 1.807) is 0 Å². The lowest BCUT2D eigenvalue weighted by Gasteiger charge is -2.31. The van der Waals surface area contributed by atoms with Crippen LogP contribution in [0, 0.1) is 0 Å². The quantitative estimate of drug-likeness (QED) is 0.711. The standard InChI is InChI=1S/C8H13NO4S/c10-7(11)8(3-4-8)9-5-1-2-6-14(9,12)13/h1-6H2,(H,10,11). The van der Waals surface area contributed by atoms with Crippen molar-refractivity contribution in [2.45, 2.75) is 31.2 Å². The first-order valence-corrected chi connectivity index (χ1v) is 6.34. The van der Waals surface area contributed by atoms with Gasteiger partial charge in [-0.05, 0) is 25.7 Å². The third-order valence-electron chi connectivity index (χ3n) is 2.95. The van der Waals surface area contributed by atoms with Crippen LogP contribution in [0.5, 0.6) is 0 Å². The highest BCUT2D eigenvalue weighted by atomic mass is 32.2. The fourth-order valence-corrected chi connectivity index (χ4v) is 3.95. The molecule has 5 nitrogen and oxygen atoms in total. The molecular weight excluding hydrogens is 206 g/mol. The highest BCUT2D eigenvalue weighted by molar-refractivity contribution is 7.89. The summed E-state index contributed by atoms with van der Waals surface area (Å²) in [6.45, 7) is 0.370. The summed E-state index contributed by atoms with van der Waals surface area (Å²) in [4.78, 5) is 11.0. The molecule has 1 N–H and O–H groups in total. The average Bonchev–Trinajstić information content (AvgIpc) is 2.84. The van der Waals surface area contributed by atoms with Gasteiger partial charge in [-0.2, -0.15) is 4.31 Å². The van der Waals surface area contributed by atoms with Gasteiger partial charge in [-0.1, -0.05) is 0 Å². The molecule has 0 bridgehead atoms. The Morgan fingerprint density at radius 3 is 2.36 bits per heavy atom. The zero-order chi connectivity index (χ0) is 10.4. The number of carbonyl (C=O) groups is 1. The van der Waals surface area contributed by atoms with Crippen molar-refractivity contribution >= 4 is 16.0 Å². The Hall–Kier alpha value is -0.620. The van der Waals surface area contributed by atoms with Crippen LogP contribution < -0.4 is 0 Å². The molecule has 1 aliphatic carbocycles. The summed E-state index contributed by atoms with van der Waals surface area (Å²) in [7, 11) is -3.31. The van der Waals surface area contributed by atoms with Gasteiger partial charge in [0.15, 0.2) is 0 Å². The third kappa shape index (κ3) is 1.33. The van der Waals surface area contributed by atoms with E-state index in [4.69, 9.17) is 5.11 Å². The van der Waals surface area contributed by atoms with Gasteiger partial charge in [-0.25, -0.2) is 8.42 Å². The Morgan fingerprint density at radius 2 is 1.93 bits per heavy atom. The first-order chi connectivity index (χ1) is 6.49. The Morgan fingerprint density at radius 1 is 1.29 bits per heavy atom. The average molecular weight is 219 g/mol. The summed E-state index contributed by atoms with van der Waals surface area (Å²) in [5.74, 6) is -0.898. The van der Waals surface area contributed by atoms with Crippen molar-refractivity contribution in [3.8, 4) is 0 Å². The second-order valence-corrected chi connectivity index (χ2v) is 5.94. The summed E-state index contributed by atoms with van der Waals surface area (Å²) in [6.07, 6.45) is 2.34. The van der Waals surface area contributed by atoms with E-state index in [1.807, 2.05) is 0 Å². The van der Waals surface area contributed by atoms with E-state index < -0.39 is 21.5 Å². The molecule has 2 aliphatic rings. The minimum Gasteiger partial charge on any atom is -0.480 e. The Bertz CT molecular complexity index is 358. The number of hydrogen-bond donors (Lipinski definition) is 1. The van der Waals surface area contributed by atoms with Crippen LogP contribution in [0.1, 0.15) is 25.7 Å². The number of hydrogen-bond acceptors (Lipinski definition) is 3. The molecule has 2 rings (SSSR count). The molecule has 0 aromatic heterocycles. The van der Waals surface area contributed by atoms with Crippen LogP contribution in [0.15, 0.2) is 0 Å². The van der Waals surface area contributed by atoms with E-state index in [0.717, 1.165) is 6.42 Å². The van der Waals surface area contributed by atoms with Gasteiger partial charge in [0.05, 0.1) is 5.75 Å². The molecule has 1 aliphatic heterocycles. The molecule has 0 spiro atoms. The maximum absolute atomic E-state index is 11.6. The number of carboxylic acid groups (broad SMARTS) is 1. The highest BCUT2D eigenvalue weighted by Crippen LogP contribution is 2.44. The van der Waals surface area contributed by atoms with Crippen LogP contribution in [0.25, 0.3) is 0 Å². The normalized spacial score (nSPS) is 29.7. The van der Waals surface area contributed by atoms with E-state index in [0.29, 0.717) is 25.8 Å². The molecule has 0 atom stereocenters. The van der Waals surface area contributed by atoms with Gasteiger partial charge in [0.25, 0.3) is 0 Å². The second kappa shape index (κ2) is 2.93. The summed E-state index contributed by atoms with van der Waals surface area (Å²) in [5.41, 5.74) is -1.08. The van der Waals surface area contributed by atoms with Gasteiger partial charge in [-0.3, -0.25) is 4.79 Å². The number of nitrogens with zero attached hydrogens (tertiary/aromatic N) is 1. The van der Waals surface area contributed by atoms with Gasteiger partial charge >= 0.3 is 5.97 Å². The number of sulfonamides is 1. The van der Waals surface area contributed by atoms with Gasteiger partial charge in [0.1, 0.15) is 5.54 Å². The molecule has 0 radical (unpaired) electrons. The fourth-order valence-electron chi connectivity index (χ4n) is 1.96. The smallest absolute Gasteiger partial charge is 0.325 e. The lowest BCUT2D eigenvalue weighted by Crippen LogP contribution is -2.50. The van der Waals surface area contributed by atoms with Crippen LogP contribution in [0.4, 0.5) is 0 Å². The molecular formula is C8H13NO4S. The van der Waals surface area contributed by atoms with Crippen LogP contribution in [-0.2, 0) is 14.8 Å². The van der Waals surface area contributed by atoms with Crippen molar-refractivity contribution in [2.24, 2.45) is 0 Å². The zero-order valence-electron chi connectivity index (χ0n) is 7.77. The summed E-state index contributed by atoms with van der Waals surface area (Å²) in [5, 5.41) is 8.98. The number of rotatable bonds is 2. The van der Waals surface area contributed by atoms with Gasteiger partial charge in [0, 0.05) is 6.54 Å². The first kappa shape index (κ1) is 9.92. The molecule has 0 aromatic rings. The predicted octanol–water partition coefficient (Wildman–Crippen LogP) is 0.0292. The van der Waals surface area contributed by atoms with Crippen molar-refractivity contribution in [3.05, 3.63) is 0 Å². The van der Waals surface area contributed by atoms with Crippen LogP contribution in [0.3, 0.4) is 0 Å². The molecule has 14 heavy (non-hydrogen) atoms. The van der Waals surface area contributed by atoms with Crippen LogP contribution in [-0.4, -0.2) is 41.6 Å². The Balaban J connectivity index is 2.29. The summed E-state index contributed by atoms with van der Waals surface area (Å²) < 4.78 is 24.5. The highest BCUT2D eigenvalue weighted by Gasteiger charge is 2.59. The van der Waals surface area contributed by atoms with Crippen molar-refractivity contribution in [3.63, 3.8) is 0 Å². The molecule has 0 amide bonds. The molecule has 1 saturated carbocycles. The monoisotopic (exact) mass is 219 g/mol. The minimum atomic E-state index is -3.31. The summed E-state index contributed by atoms with van der Waals surface area (Å²) in [6, 6.07) is 0. The molecule has 6 heteroatoms. The molecule has 1 heterocycles. The maximum atomic E-state index is 11.6. The van der Waals surface area contributed by atoms with Crippen molar-refractivity contribution in [1.29, 1.82) is 0 Å². The lowest BCUT2D eigenvalue weighted by atomic mass is 10.2. The Labute approximate surface area is 82.8 Å². The van der Waals surface area contributed by atoms with E-state index in [2.05, 4.69) is 0 Å². The van der Waals surface area contributed by atoms with Crippen molar-refractivity contribution < 1.29 is 18.3 Å². The minimum absolute atomic E-state index is 0.0992. The first-order valence-electron chi connectivity index (χ1n) is 4.73. The lowest BCUT2D eigenvalue weighted by molar-refractivity contribution is -0.143. The van der Waals surface area contributed by atoms with Gasteiger partial charge in [0.2, 0.25) is 10.0 Å². The molecule has 0 aromatic carbocycles. The molecule has 80 valence electrons. The van der Waals surface area contributed by atoms with E-state index in [-0.39, 0.29) is 5.75 Å². The molecule has 0 unspecified atom stereocenters. The van der Waals surface area contributed by atoms with E-state index >= 15 is 0 Å². The largest absolute Gasteiger partial charge is 0.480 e. The van der Waals surface area contributed by atoms with Crippen molar-refractivity contribution in [1.82, 2.24) is 4.31 Å². The maximum Gasteiger partial charge on any atom is 0.325 e. The molecule has 2 fully saturated rings. The predicted molar refractivity (Wildman–Crippen MR) is 49.3 cm³/mol. The van der Waals surface area contributed by atoms with Crippen LogP contribution >= 0.6 is 0 Å². The fraction of sp³-hybridized carbons (Fsp3) is 0.875. The van der Waals surface area contributed by atoms with Gasteiger partial charge < -0.3 is 5.11 Å². The zero-order valence-corrected chi connectivity index (χ0v) is 8.59. The third-order valence-corrected chi connectivity index (χ3v) is 4.96. The van der Waals surface area contributed by atoms with E-state index in [9.17, 15) is 13.2 Å². The number of aliphatic carboxylic acids is 1. The Kier molecular flexibility index (Phi) is 2.08. The molecule has 1 saturated heterocycles. The second-order valence-electron chi connectivity index (χ2n) is 3.93. The number of carboxylic acids is 1. The van der Waals surface area contributed by atoms with Gasteiger partial charge in [-0.15, -0.1) is 0 Å². The van der Waals surface area contributed by atoms with Crippen LogP contribution in [0.2, 0.25) is 0 Å². The summed E-state index contributed by atoms with van der Waals surface area (Å²) >= 11 is 0. The topological polar surface area (TPSA) is 74.7 Å². The van der Waals surface area contributed by atoms with Crippen molar-refractivity contribution in [2.75, 3.05) is 12.3 Å².